The van der Waals surface area contributed by atoms with Gasteiger partial charge in [-0.2, -0.15) is 0 Å². The molecule has 2 fully saturated rings. The zero-order chi connectivity index (χ0) is 15.2. The standard InChI is InChI=1S/C18H32O2/c1-7-13-14-12-16(2,3)8-10-18(14,15(19)20-6)11-9-17(13,4)5/h13-14H,7-12H2,1-6H3. The Morgan fingerprint density at radius 1 is 1.10 bits per heavy atom. The van der Waals surface area contributed by atoms with Crippen molar-refractivity contribution in [3.63, 3.8) is 0 Å². The molecule has 0 amide bonds. The van der Waals surface area contributed by atoms with E-state index in [4.69, 9.17) is 4.74 Å². The van der Waals surface area contributed by atoms with Gasteiger partial charge >= 0.3 is 5.97 Å². The Labute approximate surface area is 124 Å². The third kappa shape index (κ3) is 2.40. The lowest BCUT2D eigenvalue weighted by Crippen LogP contribution is -2.55. The third-order valence-corrected chi connectivity index (χ3v) is 6.47. The van der Waals surface area contributed by atoms with Crippen molar-refractivity contribution in [2.45, 2.75) is 73.1 Å². The second kappa shape index (κ2) is 5.03. The smallest absolute Gasteiger partial charge is 0.312 e. The van der Waals surface area contributed by atoms with Gasteiger partial charge in [0.1, 0.15) is 0 Å². The van der Waals surface area contributed by atoms with Gasteiger partial charge in [0, 0.05) is 0 Å². The number of methoxy groups -OCH3 is 1. The van der Waals surface area contributed by atoms with Crippen molar-refractivity contribution < 1.29 is 9.53 Å². The van der Waals surface area contributed by atoms with Crippen LogP contribution in [0.4, 0.5) is 0 Å². The Morgan fingerprint density at radius 3 is 2.25 bits per heavy atom. The van der Waals surface area contributed by atoms with Crippen LogP contribution in [-0.4, -0.2) is 13.1 Å². The summed E-state index contributed by atoms with van der Waals surface area (Å²) in [6, 6.07) is 0. The number of hydrogen-bond donors (Lipinski definition) is 0. The van der Waals surface area contributed by atoms with Crippen LogP contribution in [0, 0.1) is 28.1 Å². The largest absolute Gasteiger partial charge is 0.469 e. The van der Waals surface area contributed by atoms with Crippen molar-refractivity contribution in [2.75, 3.05) is 7.11 Å². The molecule has 0 radical (unpaired) electrons. The van der Waals surface area contributed by atoms with Crippen LogP contribution in [-0.2, 0) is 9.53 Å². The monoisotopic (exact) mass is 280 g/mol. The van der Waals surface area contributed by atoms with Crippen LogP contribution in [0.3, 0.4) is 0 Å². The second-order valence-electron chi connectivity index (χ2n) is 8.63. The Hall–Kier alpha value is -0.530. The Bertz CT molecular complexity index is 379. The van der Waals surface area contributed by atoms with E-state index in [0.29, 0.717) is 22.7 Å². The highest BCUT2D eigenvalue weighted by Gasteiger charge is 2.58. The van der Waals surface area contributed by atoms with Gasteiger partial charge in [0.05, 0.1) is 12.5 Å². The van der Waals surface area contributed by atoms with E-state index >= 15 is 0 Å². The highest BCUT2D eigenvalue weighted by atomic mass is 16.5. The first-order chi connectivity index (χ1) is 9.18. The van der Waals surface area contributed by atoms with E-state index in [-0.39, 0.29) is 11.4 Å². The number of hydrogen-bond acceptors (Lipinski definition) is 2. The number of carbonyl (C=O) groups excluding carboxylic acids is 1. The summed E-state index contributed by atoms with van der Waals surface area (Å²) in [6.07, 6.45) is 6.68. The van der Waals surface area contributed by atoms with Crippen LogP contribution in [0.1, 0.15) is 73.1 Å². The highest BCUT2D eigenvalue weighted by molar-refractivity contribution is 5.77. The molecule has 3 atom stereocenters. The van der Waals surface area contributed by atoms with Gasteiger partial charge in [-0.25, -0.2) is 0 Å². The Kier molecular flexibility index (Phi) is 3.99. The molecule has 2 heteroatoms. The van der Waals surface area contributed by atoms with Crippen molar-refractivity contribution in [3.8, 4) is 0 Å². The molecule has 0 heterocycles. The molecule has 0 spiro atoms. The van der Waals surface area contributed by atoms with Gasteiger partial charge in [-0.3, -0.25) is 4.79 Å². The summed E-state index contributed by atoms with van der Waals surface area (Å²) in [7, 11) is 1.56. The van der Waals surface area contributed by atoms with E-state index in [9.17, 15) is 4.79 Å². The van der Waals surface area contributed by atoms with Gasteiger partial charge in [0.2, 0.25) is 0 Å². The van der Waals surface area contributed by atoms with E-state index in [1.807, 2.05) is 0 Å². The number of rotatable bonds is 2. The van der Waals surface area contributed by atoms with E-state index in [1.165, 1.54) is 12.8 Å². The number of carbonyl (C=O) groups is 1. The Balaban J connectivity index is 2.42. The summed E-state index contributed by atoms with van der Waals surface area (Å²) in [4.78, 5) is 12.6. The molecule has 0 saturated heterocycles. The molecule has 2 saturated carbocycles. The second-order valence-corrected chi connectivity index (χ2v) is 8.63. The minimum Gasteiger partial charge on any atom is -0.469 e. The summed E-state index contributed by atoms with van der Waals surface area (Å²) in [6.45, 7) is 11.8. The SMILES string of the molecule is CCC1C2CC(C)(C)CCC2(C(=O)OC)CCC1(C)C. The van der Waals surface area contributed by atoms with Crippen LogP contribution in [0.15, 0.2) is 0 Å². The maximum Gasteiger partial charge on any atom is 0.312 e. The number of ether oxygens (including phenoxy) is 1. The summed E-state index contributed by atoms with van der Waals surface area (Å²) >= 11 is 0. The third-order valence-electron chi connectivity index (χ3n) is 6.47. The van der Waals surface area contributed by atoms with Crippen molar-refractivity contribution in [2.24, 2.45) is 28.1 Å². The fourth-order valence-corrected chi connectivity index (χ4v) is 5.15. The van der Waals surface area contributed by atoms with Crippen LogP contribution in [0.2, 0.25) is 0 Å². The molecule has 3 unspecified atom stereocenters. The van der Waals surface area contributed by atoms with E-state index in [2.05, 4.69) is 34.6 Å². The Morgan fingerprint density at radius 2 is 1.70 bits per heavy atom. The van der Waals surface area contributed by atoms with Crippen molar-refractivity contribution in [1.29, 1.82) is 0 Å². The molecule has 116 valence electrons. The predicted molar refractivity (Wildman–Crippen MR) is 82.4 cm³/mol. The molecular weight excluding hydrogens is 248 g/mol. The van der Waals surface area contributed by atoms with Gasteiger partial charge in [-0.1, -0.05) is 41.0 Å². The molecule has 20 heavy (non-hydrogen) atoms. The summed E-state index contributed by atoms with van der Waals surface area (Å²) in [5.41, 5.74) is 0.522. The molecular formula is C18H32O2. The topological polar surface area (TPSA) is 26.3 Å². The minimum atomic E-state index is -0.194. The molecule has 0 aromatic carbocycles. The van der Waals surface area contributed by atoms with Gasteiger partial charge in [-0.05, 0) is 54.8 Å². The quantitative estimate of drug-likeness (QED) is 0.678. The first-order valence-electron chi connectivity index (χ1n) is 8.27. The number of esters is 1. The zero-order valence-corrected chi connectivity index (χ0v) is 14.2. The van der Waals surface area contributed by atoms with E-state index in [0.717, 1.165) is 25.7 Å². The van der Waals surface area contributed by atoms with Crippen molar-refractivity contribution >= 4 is 5.97 Å². The van der Waals surface area contributed by atoms with Gasteiger partial charge in [-0.15, -0.1) is 0 Å². The van der Waals surface area contributed by atoms with Crippen LogP contribution in [0.5, 0.6) is 0 Å². The number of fused-ring (bicyclic) bond motifs is 1. The van der Waals surface area contributed by atoms with Crippen LogP contribution in [0.25, 0.3) is 0 Å². The molecule has 2 nitrogen and oxygen atoms in total. The lowest BCUT2D eigenvalue weighted by molar-refractivity contribution is -0.176. The van der Waals surface area contributed by atoms with E-state index < -0.39 is 0 Å². The minimum absolute atomic E-state index is 0.0620. The van der Waals surface area contributed by atoms with Crippen LogP contribution < -0.4 is 0 Å². The fraction of sp³-hybridized carbons (Fsp3) is 0.944. The molecule has 0 bridgehead atoms. The average molecular weight is 280 g/mol. The first-order valence-corrected chi connectivity index (χ1v) is 8.27. The average Bonchev–Trinajstić information content (AvgIpc) is 2.36. The fourth-order valence-electron chi connectivity index (χ4n) is 5.15. The molecule has 0 aliphatic heterocycles. The van der Waals surface area contributed by atoms with Gasteiger partial charge in [0.15, 0.2) is 0 Å². The lowest BCUT2D eigenvalue weighted by atomic mass is 9.46. The molecule has 2 aliphatic rings. The maximum atomic E-state index is 12.6. The summed E-state index contributed by atoms with van der Waals surface area (Å²) in [5, 5.41) is 0. The molecule has 0 N–H and O–H groups in total. The maximum absolute atomic E-state index is 12.6. The molecule has 2 rings (SSSR count). The van der Waals surface area contributed by atoms with Crippen molar-refractivity contribution in [3.05, 3.63) is 0 Å². The molecule has 0 aromatic heterocycles. The molecule has 0 aromatic rings. The molecule has 2 aliphatic carbocycles. The van der Waals surface area contributed by atoms with Crippen molar-refractivity contribution in [1.82, 2.24) is 0 Å². The summed E-state index contributed by atoms with van der Waals surface area (Å²) in [5.74, 6) is 1.19. The normalized spacial score (nSPS) is 38.9. The predicted octanol–water partition coefficient (Wildman–Crippen LogP) is 4.82. The van der Waals surface area contributed by atoms with Crippen LogP contribution >= 0.6 is 0 Å². The first kappa shape index (κ1) is 15.9. The zero-order valence-electron chi connectivity index (χ0n) is 14.2. The van der Waals surface area contributed by atoms with Gasteiger partial charge in [0.25, 0.3) is 0 Å². The van der Waals surface area contributed by atoms with E-state index in [1.54, 1.807) is 7.11 Å². The summed E-state index contributed by atoms with van der Waals surface area (Å²) < 4.78 is 5.24. The highest BCUT2D eigenvalue weighted by Crippen LogP contribution is 2.62. The van der Waals surface area contributed by atoms with Gasteiger partial charge < -0.3 is 4.74 Å². The lowest BCUT2D eigenvalue weighted by Gasteiger charge is -2.58.